The summed E-state index contributed by atoms with van der Waals surface area (Å²) < 4.78 is 5.18. The molecule has 0 aliphatic carbocycles. The minimum absolute atomic E-state index is 0.700. The molecule has 0 amide bonds. The fourth-order valence-corrected chi connectivity index (χ4v) is 1.46. The number of rotatable bonds is 8. The zero-order valence-electron chi connectivity index (χ0n) is 10.3. The van der Waals surface area contributed by atoms with E-state index in [-0.39, 0.29) is 0 Å². The number of unbranched alkanes of at least 4 members (excludes halogenated alkanes) is 1. The van der Waals surface area contributed by atoms with E-state index in [9.17, 15) is 0 Å². The van der Waals surface area contributed by atoms with E-state index < -0.39 is 0 Å². The second kappa shape index (κ2) is 7.35. The van der Waals surface area contributed by atoms with Gasteiger partial charge in [0.25, 0.3) is 0 Å². The topological polar surface area (TPSA) is 68.2 Å². The summed E-state index contributed by atoms with van der Waals surface area (Å²) in [6, 6.07) is 0. The molecule has 0 aliphatic rings. The van der Waals surface area contributed by atoms with Gasteiger partial charge in [-0.15, -0.1) is 0 Å². The molecule has 1 aromatic rings. The van der Waals surface area contributed by atoms with Crippen LogP contribution in [0.1, 0.15) is 37.9 Å². The van der Waals surface area contributed by atoms with Crippen LogP contribution in [0.4, 0.5) is 0 Å². The lowest BCUT2D eigenvalue weighted by Gasteiger charge is -2.12. The van der Waals surface area contributed by atoms with Crippen molar-refractivity contribution >= 4 is 0 Å². The summed E-state index contributed by atoms with van der Waals surface area (Å²) in [6.07, 6.45) is 4.17. The van der Waals surface area contributed by atoms with E-state index in [1.807, 2.05) is 7.05 Å². The van der Waals surface area contributed by atoms with E-state index in [2.05, 4.69) is 22.0 Å². The first-order chi connectivity index (χ1) is 7.76. The van der Waals surface area contributed by atoms with E-state index in [0.717, 1.165) is 44.6 Å². The van der Waals surface area contributed by atoms with Gasteiger partial charge in [-0.1, -0.05) is 18.5 Å². The monoisotopic (exact) mass is 226 g/mol. The lowest BCUT2D eigenvalue weighted by Crippen LogP contribution is -2.21. The average Bonchev–Trinajstić information content (AvgIpc) is 2.71. The molecule has 0 unspecified atom stereocenters. The minimum Gasteiger partial charge on any atom is -0.338 e. The van der Waals surface area contributed by atoms with E-state index in [4.69, 9.17) is 10.3 Å². The predicted molar refractivity (Wildman–Crippen MR) is 62.9 cm³/mol. The number of hydrogen-bond donors (Lipinski definition) is 1. The average molecular weight is 226 g/mol. The third-order valence-corrected chi connectivity index (χ3v) is 2.41. The number of hydrogen-bond acceptors (Lipinski definition) is 5. The van der Waals surface area contributed by atoms with Crippen LogP contribution in [0.5, 0.6) is 0 Å². The van der Waals surface area contributed by atoms with Crippen molar-refractivity contribution in [2.45, 2.75) is 39.2 Å². The van der Waals surface area contributed by atoms with Gasteiger partial charge in [0.2, 0.25) is 5.89 Å². The first kappa shape index (κ1) is 13.1. The predicted octanol–water partition coefficient (Wildman–Crippen LogP) is 1.19. The number of aromatic nitrogens is 2. The van der Waals surface area contributed by atoms with Crippen LogP contribution in [0.2, 0.25) is 0 Å². The molecule has 0 spiro atoms. The van der Waals surface area contributed by atoms with Crippen LogP contribution in [0.25, 0.3) is 0 Å². The highest BCUT2D eigenvalue weighted by molar-refractivity contribution is 4.86. The zero-order valence-corrected chi connectivity index (χ0v) is 10.3. The van der Waals surface area contributed by atoms with Crippen molar-refractivity contribution in [1.82, 2.24) is 15.0 Å². The van der Waals surface area contributed by atoms with E-state index in [1.54, 1.807) is 0 Å². The number of aryl methyl sites for hydroxylation is 1. The second-order valence-electron chi connectivity index (χ2n) is 4.09. The van der Waals surface area contributed by atoms with Crippen molar-refractivity contribution < 1.29 is 4.52 Å². The van der Waals surface area contributed by atoms with Crippen LogP contribution in [0, 0.1) is 0 Å². The van der Waals surface area contributed by atoms with Gasteiger partial charge < -0.3 is 10.3 Å². The van der Waals surface area contributed by atoms with Crippen LogP contribution in [0.3, 0.4) is 0 Å². The van der Waals surface area contributed by atoms with Crippen LogP contribution in [-0.4, -0.2) is 35.2 Å². The Balaban J connectivity index is 2.33. The van der Waals surface area contributed by atoms with Gasteiger partial charge in [0.05, 0.1) is 6.54 Å². The molecular weight excluding hydrogens is 204 g/mol. The Morgan fingerprint density at radius 1 is 1.38 bits per heavy atom. The SMILES string of the molecule is CCCCc1noc(CN(C)CCCN)n1. The highest BCUT2D eigenvalue weighted by Crippen LogP contribution is 2.04. The normalized spacial score (nSPS) is 11.2. The molecule has 92 valence electrons. The van der Waals surface area contributed by atoms with Crippen molar-refractivity contribution in [3.8, 4) is 0 Å². The van der Waals surface area contributed by atoms with Crippen molar-refractivity contribution in [3.63, 3.8) is 0 Å². The van der Waals surface area contributed by atoms with Crippen molar-refractivity contribution in [3.05, 3.63) is 11.7 Å². The Labute approximate surface area is 97.0 Å². The van der Waals surface area contributed by atoms with Crippen LogP contribution < -0.4 is 5.73 Å². The Hall–Kier alpha value is -0.940. The smallest absolute Gasteiger partial charge is 0.240 e. The van der Waals surface area contributed by atoms with Gasteiger partial charge in [0, 0.05) is 6.42 Å². The van der Waals surface area contributed by atoms with Crippen molar-refractivity contribution in [2.75, 3.05) is 20.1 Å². The van der Waals surface area contributed by atoms with Gasteiger partial charge in [0.1, 0.15) is 0 Å². The summed E-state index contributed by atoms with van der Waals surface area (Å²) >= 11 is 0. The maximum absolute atomic E-state index is 5.45. The highest BCUT2D eigenvalue weighted by atomic mass is 16.5. The highest BCUT2D eigenvalue weighted by Gasteiger charge is 2.08. The molecule has 1 heterocycles. The summed E-state index contributed by atoms with van der Waals surface area (Å²) in [5.74, 6) is 1.52. The number of nitrogens with zero attached hydrogens (tertiary/aromatic N) is 3. The quantitative estimate of drug-likeness (QED) is 0.721. The van der Waals surface area contributed by atoms with Gasteiger partial charge in [-0.2, -0.15) is 4.98 Å². The van der Waals surface area contributed by atoms with Crippen LogP contribution in [-0.2, 0) is 13.0 Å². The fourth-order valence-electron chi connectivity index (χ4n) is 1.46. The molecule has 0 aliphatic heterocycles. The molecule has 0 aromatic carbocycles. The van der Waals surface area contributed by atoms with Gasteiger partial charge in [-0.25, -0.2) is 0 Å². The summed E-state index contributed by atoms with van der Waals surface area (Å²) in [7, 11) is 2.03. The third kappa shape index (κ3) is 4.72. The molecule has 0 bridgehead atoms. The summed E-state index contributed by atoms with van der Waals surface area (Å²) in [6.45, 7) is 4.54. The molecule has 1 rings (SSSR count). The molecular formula is C11H22N4O. The second-order valence-corrected chi connectivity index (χ2v) is 4.09. The Morgan fingerprint density at radius 3 is 2.88 bits per heavy atom. The first-order valence-electron chi connectivity index (χ1n) is 5.96. The molecule has 0 fully saturated rings. The minimum atomic E-state index is 0.700. The molecule has 5 heteroatoms. The molecule has 5 nitrogen and oxygen atoms in total. The van der Waals surface area contributed by atoms with Gasteiger partial charge in [-0.3, -0.25) is 4.90 Å². The summed E-state index contributed by atoms with van der Waals surface area (Å²) in [5, 5.41) is 3.95. The Bertz CT molecular complexity index is 287. The van der Waals surface area contributed by atoms with Gasteiger partial charge in [0.15, 0.2) is 5.82 Å². The molecule has 1 aromatic heterocycles. The van der Waals surface area contributed by atoms with Gasteiger partial charge in [-0.05, 0) is 33.0 Å². The van der Waals surface area contributed by atoms with Gasteiger partial charge >= 0.3 is 0 Å². The zero-order chi connectivity index (χ0) is 11.8. The summed E-state index contributed by atoms with van der Waals surface area (Å²) in [4.78, 5) is 6.49. The molecule has 2 N–H and O–H groups in total. The molecule has 16 heavy (non-hydrogen) atoms. The van der Waals surface area contributed by atoms with Crippen LogP contribution in [0.15, 0.2) is 4.52 Å². The standard InChI is InChI=1S/C11H22N4O/c1-3-4-6-10-13-11(16-14-10)9-15(2)8-5-7-12/h3-9,12H2,1-2H3. The van der Waals surface area contributed by atoms with E-state index in [1.165, 1.54) is 0 Å². The third-order valence-electron chi connectivity index (χ3n) is 2.41. The Morgan fingerprint density at radius 2 is 2.19 bits per heavy atom. The number of nitrogens with two attached hydrogens (primary N) is 1. The fraction of sp³-hybridized carbons (Fsp3) is 0.818. The van der Waals surface area contributed by atoms with Crippen molar-refractivity contribution in [1.29, 1.82) is 0 Å². The first-order valence-corrected chi connectivity index (χ1v) is 5.96. The maximum Gasteiger partial charge on any atom is 0.240 e. The van der Waals surface area contributed by atoms with E-state index >= 15 is 0 Å². The van der Waals surface area contributed by atoms with Crippen LogP contribution >= 0.6 is 0 Å². The Kier molecular flexibility index (Phi) is 6.03. The van der Waals surface area contributed by atoms with Crippen molar-refractivity contribution in [2.24, 2.45) is 5.73 Å². The largest absolute Gasteiger partial charge is 0.338 e. The molecule has 0 saturated carbocycles. The maximum atomic E-state index is 5.45. The lowest BCUT2D eigenvalue weighted by molar-refractivity contribution is 0.265. The molecule has 0 saturated heterocycles. The molecule has 0 atom stereocenters. The lowest BCUT2D eigenvalue weighted by atomic mass is 10.2. The summed E-state index contributed by atoms with van der Waals surface area (Å²) in [5.41, 5.74) is 5.45. The molecule has 0 radical (unpaired) electrons. The van der Waals surface area contributed by atoms with E-state index in [0.29, 0.717) is 12.4 Å².